The molecule has 0 aliphatic carbocycles. The number of rotatable bonds is 7. The number of ether oxygens (including phenoxy) is 1. The third-order valence-electron chi connectivity index (χ3n) is 2.92. The summed E-state index contributed by atoms with van der Waals surface area (Å²) in [5, 5.41) is 0. The van der Waals surface area contributed by atoms with Crippen LogP contribution in [0.5, 0.6) is 0 Å². The first kappa shape index (κ1) is 17.3. The first-order valence-corrected chi connectivity index (χ1v) is 6.97. The van der Waals surface area contributed by atoms with Crippen LogP contribution in [0.4, 0.5) is 8.78 Å². The largest absolute Gasteiger partial charge is 0.463 e. The lowest BCUT2D eigenvalue weighted by atomic mass is 10.1. The number of esters is 1. The van der Waals surface area contributed by atoms with E-state index in [1.54, 1.807) is 6.92 Å². The van der Waals surface area contributed by atoms with Gasteiger partial charge < -0.3 is 4.74 Å². The van der Waals surface area contributed by atoms with Gasteiger partial charge in [-0.15, -0.1) is 0 Å². The van der Waals surface area contributed by atoms with Gasteiger partial charge in [-0.25, -0.2) is 8.78 Å². The van der Waals surface area contributed by atoms with Crippen LogP contribution in [0, 0.1) is 17.6 Å². The van der Waals surface area contributed by atoms with Crippen LogP contribution in [-0.2, 0) is 9.53 Å². The van der Waals surface area contributed by atoms with Crippen LogP contribution >= 0.6 is 0 Å². The molecule has 5 heteroatoms. The molecule has 3 nitrogen and oxygen atoms in total. The van der Waals surface area contributed by atoms with E-state index in [4.69, 9.17) is 4.74 Å². The van der Waals surface area contributed by atoms with Crippen LogP contribution in [0.3, 0.4) is 0 Å². The molecule has 21 heavy (non-hydrogen) atoms. The lowest BCUT2D eigenvalue weighted by Crippen LogP contribution is -2.17. The van der Waals surface area contributed by atoms with Crippen LogP contribution in [0.25, 0.3) is 0 Å². The number of halogens is 2. The number of carbonyl (C=O) groups excluding carboxylic acids is 2. The molecule has 1 unspecified atom stereocenters. The Labute approximate surface area is 123 Å². The van der Waals surface area contributed by atoms with Crippen molar-refractivity contribution < 1.29 is 23.1 Å². The molecule has 0 aromatic heterocycles. The van der Waals surface area contributed by atoms with Gasteiger partial charge in [0.05, 0.1) is 18.1 Å². The van der Waals surface area contributed by atoms with Crippen molar-refractivity contribution in [3.8, 4) is 0 Å². The summed E-state index contributed by atoms with van der Waals surface area (Å²) < 4.78 is 31.3. The highest BCUT2D eigenvalue weighted by Gasteiger charge is 2.16. The Hall–Kier alpha value is -1.78. The zero-order valence-electron chi connectivity index (χ0n) is 12.5. The minimum absolute atomic E-state index is 0.113. The highest BCUT2D eigenvalue weighted by atomic mass is 19.1. The number of benzene rings is 1. The van der Waals surface area contributed by atoms with E-state index in [2.05, 4.69) is 0 Å². The first-order chi connectivity index (χ1) is 9.79. The van der Waals surface area contributed by atoms with Crippen molar-refractivity contribution in [3.63, 3.8) is 0 Å². The van der Waals surface area contributed by atoms with Gasteiger partial charge in [-0.2, -0.15) is 0 Å². The Morgan fingerprint density at radius 2 is 1.81 bits per heavy atom. The van der Waals surface area contributed by atoms with E-state index in [-0.39, 0.29) is 24.5 Å². The number of Topliss-reactive ketones (excluding diaryl/α,β-unsaturated/α-hetero) is 1. The molecule has 0 radical (unpaired) electrons. The predicted molar refractivity (Wildman–Crippen MR) is 74.9 cm³/mol. The van der Waals surface area contributed by atoms with Gasteiger partial charge >= 0.3 is 5.97 Å². The van der Waals surface area contributed by atoms with Crippen molar-refractivity contribution in [2.24, 2.45) is 5.92 Å². The summed E-state index contributed by atoms with van der Waals surface area (Å²) in [6, 6.07) is 2.75. The zero-order chi connectivity index (χ0) is 16.0. The van der Waals surface area contributed by atoms with Crippen molar-refractivity contribution in [3.05, 3.63) is 35.4 Å². The minimum atomic E-state index is -0.915. The van der Waals surface area contributed by atoms with Crippen molar-refractivity contribution >= 4 is 11.8 Å². The molecule has 0 heterocycles. The summed E-state index contributed by atoms with van der Waals surface area (Å²) in [7, 11) is 0. The van der Waals surface area contributed by atoms with E-state index in [1.807, 2.05) is 13.8 Å². The quantitative estimate of drug-likeness (QED) is 0.566. The fraction of sp³-hybridized carbons (Fsp3) is 0.500. The minimum Gasteiger partial charge on any atom is -0.463 e. The molecule has 0 bridgehead atoms. The van der Waals surface area contributed by atoms with Gasteiger partial charge in [0.15, 0.2) is 5.78 Å². The summed E-state index contributed by atoms with van der Waals surface area (Å²) >= 11 is 0. The van der Waals surface area contributed by atoms with E-state index >= 15 is 0 Å². The second-order valence-corrected chi connectivity index (χ2v) is 5.48. The van der Waals surface area contributed by atoms with E-state index < -0.39 is 23.4 Å². The smallest absolute Gasteiger partial charge is 0.306 e. The van der Waals surface area contributed by atoms with E-state index in [9.17, 15) is 18.4 Å². The SMILES string of the molecule is CC(C)CC(C)OC(=O)CCC(=O)c1ccc(F)cc1F. The summed E-state index contributed by atoms with van der Waals surface area (Å²) in [6.07, 6.45) is 0.260. The van der Waals surface area contributed by atoms with Crippen LogP contribution in [-0.4, -0.2) is 17.9 Å². The molecule has 0 aliphatic rings. The van der Waals surface area contributed by atoms with Crippen molar-refractivity contribution in [2.45, 2.75) is 46.1 Å². The molecule has 1 aromatic carbocycles. The molecule has 0 saturated heterocycles. The maximum atomic E-state index is 13.4. The fourth-order valence-electron chi connectivity index (χ4n) is 2.06. The summed E-state index contributed by atoms with van der Waals surface area (Å²) in [6.45, 7) is 5.83. The van der Waals surface area contributed by atoms with Gasteiger partial charge in [-0.1, -0.05) is 13.8 Å². The third kappa shape index (κ3) is 6.02. The van der Waals surface area contributed by atoms with Crippen molar-refractivity contribution in [1.82, 2.24) is 0 Å². The van der Waals surface area contributed by atoms with E-state index in [0.29, 0.717) is 12.0 Å². The maximum absolute atomic E-state index is 13.4. The van der Waals surface area contributed by atoms with Gasteiger partial charge in [0.2, 0.25) is 0 Å². The standard InChI is InChI=1S/C16H20F2O3/c1-10(2)8-11(3)21-16(20)7-6-15(19)13-5-4-12(17)9-14(13)18/h4-5,9-11H,6-8H2,1-3H3. The number of hydrogen-bond acceptors (Lipinski definition) is 3. The van der Waals surface area contributed by atoms with E-state index in [1.165, 1.54) is 0 Å². The summed E-state index contributed by atoms with van der Waals surface area (Å²) in [4.78, 5) is 23.4. The highest BCUT2D eigenvalue weighted by Crippen LogP contribution is 2.14. The summed E-state index contributed by atoms with van der Waals surface area (Å²) in [5.74, 6) is -2.28. The maximum Gasteiger partial charge on any atom is 0.306 e. The lowest BCUT2D eigenvalue weighted by molar-refractivity contribution is -0.148. The lowest BCUT2D eigenvalue weighted by Gasteiger charge is -2.15. The van der Waals surface area contributed by atoms with Crippen LogP contribution in [0.15, 0.2) is 18.2 Å². The second-order valence-electron chi connectivity index (χ2n) is 5.48. The Bertz CT molecular complexity index is 512. The summed E-state index contributed by atoms with van der Waals surface area (Å²) in [5.41, 5.74) is -0.209. The molecular formula is C16H20F2O3. The van der Waals surface area contributed by atoms with Crippen LogP contribution < -0.4 is 0 Å². The molecule has 0 N–H and O–H groups in total. The average molecular weight is 298 g/mol. The van der Waals surface area contributed by atoms with Crippen molar-refractivity contribution in [1.29, 1.82) is 0 Å². The Kier molecular flexibility index (Phi) is 6.46. The second kappa shape index (κ2) is 7.86. The number of ketones is 1. The topological polar surface area (TPSA) is 43.4 Å². The molecule has 0 saturated carbocycles. The van der Waals surface area contributed by atoms with E-state index in [0.717, 1.165) is 18.6 Å². The monoisotopic (exact) mass is 298 g/mol. The highest BCUT2D eigenvalue weighted by molar-refractivity contribution is 5.97. The Balaban J connectivity index is 2.47. The Morgan fingerprint density at radius 1 is 1.14 bits per heavy atom. The fourth-order valence-corrected chi connectivity index (χ4v) is 2.06. The third-order valence-corrected chi connectivity index (χ3v) is 2.92. The van der Waals surface area contributed by atoms with Crippen molar-refractivity contribution in [2.75, 3.05) is 0 Å². The number of hydrogen-bond donors (Lipinski definition) is 0. The van der Waals surface area contributed by atoms with Gasteiger partial charge in [-0.3, -0.25) is 9.59 Å². The van der Waals surface area contributed by atoms with Gasteiger partial charge in [0.1, 0.15) is 11.6 Å². The molecule has 0 amide bonds. The molecular weight excluding hydrogens is 278 g/mol. The molecule has 0 spiro atoms. The molecule has 116 valence electrons. The average Bonchev–Trinajstić information content (AvgIpc) is 2.34. The Morgan fingerprint density at radius 3 is 2.38 bits per heavy atom. The molecule has 0 fully saturated rings. The molecule has 1 rings (SSSR count). The van der Waals surface area contributed by atoms with Crippen LogP contribution in [0.2, 0.25) is 0 Å². The van der Waals surface area contributed by atoms with Gasteiger partial charge in [0, 0.05) is 12.5 Å². The molecule has 1 aromatic rings. The van der Waals surface area contributed by atoms with Gasteiger partial charge in [0.25, 0.3) is 0 Å². The predicted octanol–water partition coefficient (Wildman–Crippen LogP) is 3.91. The molecule has 0 aliphatic heterocycles. The normalized spacial score (nSPS) is 12.3. The van der Waals surface area contributed by atoms with Gasteiger partial charge in [-0.05, 0) is 31.4 Å². The van der Waals surface area contributed by atoms with Crippen LogP contribution in [0.1, 0.15) is 50.4 Å². The molecule has 1 atom stereocenters. The number of carbonyl (C=O) groups is 2. The first-order valence-electron chi connectivity index (χ1n) is 6.97. The zero-order valence-corrected chi connectivity index (χ0v) is 12.5.